The molecule has 3 unspecified atom stereocenters. The van der Waals surface area contributed by atoms with Gasteiger partial charge in [-0.3, -0.25) is 4.79 Å². The second kappa shape index (κ2) is 5.57. The minimum atomic E-state index is -0.247. The largest absolute Gasteiger partial charge is 0.393 e. The van der Waals surface area contributed by atoms with Gasteiger partial charge in [0.05, 0.1) is 17.4 Å². The number of nitrogens with zero attached hydrogens (tertiary/aromatic N) is 3. The molecule has 1 aliphatic carbocycles. The third-order valence-corrected chi connectivity index (χ3v) is 5.36. The van der Waals surface area contributed by atoms with Gasteiger partial charge in [0.25, 0.3) is 5.91 Å². The van der Waals surface area contributed by atoms with Gasteiger partial charge in [0.15, 0.2) is 0 Å². The summed E-state index contributed by atoms with van der Waals surface area (Å²) in [4.78, 5) is 23.4. The summed E-state index contributed by atoms with van der Waals surface area (Å²) in [5.74, 6) is 1.41. The molecule has 114 valence electrons. The van der Waals surface area contributed by atoms with Crippen LogP contribution in [-0.2, 0) is 0 Å². The van der Waals surface area contributed by atoms with Crippen molar-refractivity contribution in [1.82, 2.24) is 14.9 Å². The molecule has 0 radical (unpaired) electrons. The van der Waals surface area contributed by atoms with Crippen molar-refractivity contribution in [2.45, 2.75) is 37.8 Å². The first-order chi connectivity index (χ1) is 10.0. The molecule has 1 amide bonds. The number of aryl methyl sites for hydroxylation is 2. The van der Waals surface area contributed by atoms with Crippen LogP contribution in [0.2, 0.25) is 0 Å². The van der Waals surface area contributed by atoms with Crippen LogP contribution in [0.15, 0.2) is 5.03 Å². The Morgan fingerprint density at radius 1 is 1.29 bits per heavy atom. The van der Waals surface area contributed by atoms with E-state index in [4.69, 9.17) is 0 Å². The topological polar surface area (TPSA) is 66.3 Å². The number of carbonyl (C=O) groups excluding carboxylic acids is 1. The van der Waals surface area contributed by atoms with E-state index in [1.807, 2.05) is 25.0 Å². The van der Waals surface area contributed by atoms with Crippen LogP contribution >= 0.6 is 11.8 Å². The van der Waals surface area contributed by atoms with E-state index in [2.05, 4.69) is 9.97 Å². The molecule has 21 heavy (non-hydrogen) atoms. The maximum Gasteiger partial charge on any atom is 0.258 e. The molecule has 5 nitrogen and oxygen atoms in total. The van der Waals surface area contributed by atoms with E-state index in [0.717, 1.165) is 30.1 Å². The Hall–Kier alpha value is -1.14. The second-order valence-corrected chi connectivity index (χ2v) is 6.81. The molecule has 3 atom stereocenters. The Morgan fingerprint density at radius 2 is 2.05 bits per heavy atom. The molecule has 2 fully saturated rings. The Labute approximate surface area is 129 Å². The van der Waals surface area contributed by atoms with Crippen molar-refractivity contribution in [2.75, 3.05) is 19.3 Å². The number of rotatable bonds is 2. The fourth-order valence-corrected chi connectivity index (χ4v) is 4.30. The number of likely N-dealkylation sites (tertiary alicyclic amines) is 1. The van der Waals surface area contributed by atoms with Gasteiger partial charge in [-0.2, -0.15) is 0 Å². The van der Waals surface area contributed by atoms with E-state index in [-0.39, 0.29) is 17.9 Å². The maximum atomic E-state index is 12.8. The number of amides is 1. The number of aliphatic hydroxyl groups excluding tert-OH is 1. The molecule has 1 saturated heterocycles. The minimum Gasteiger partial charge on any atom is -0.393 e. The average molecular weight is 307 g/mol. The highest BCUT2D eigenvalue weighted by atomic mass is 32.2. The summed E-state index contributed by atoms with van der Waals surface area (Å²) in [6.45, 7) is 5.12. The molecule has 0 aromatic carbocycles. The first-order valence-electron chi connectivity index (χ1n) is 7.37. The zero-order chi connectivity index (χ0) is 15.1. The zero-order valence-electron chi connectivity index (χ0n) is 12.7. The molecular formula is C15H21N3O2S. The Morgan fingerprint density at radius 3 is 2.71 bits per heavy atom. The summed E-state index contributed by atoms with van der Waals surface area (Å²) in [5, 5.41) is 10.7. The SMILES string of the molecule is CSc1nc(C)nc(C)c1C(=O)N1CC2CCC(O)C2C1. The van der Waals surface area contributed by atoms with E-state index in [1.54, 1.807) is 0 Å². The van der Waals surface area contributed by atoms with E-state index in [9.17, 15) is 9.90 Å². The first-order valence-corrected chi connectivity index (χ1v) is 8.60. The molecule has 3 rings (SSSR count). The Balaban J connectivity index is 1.87. The van der Waals surface area contributed by atoms with Gasteiger partial charge in [-0.05, 0) is 38.9 Å². The van der Waals surface area contributed by atoms with E-state index in [0.29, 0.717) is 23.9 Å². The standard InChI is InChI=1S/C15H21N3O2S/c1-8-13(14(21-3)17-9(2)16-8)15(20)18-6-10-4-5-12(19)11(10)7-18/h10-12,19H,4-7H2,1-3H3. The summed E-state index contributed by atoms with van der Waals surface area (Å²) < 4.78 is 0. The van der Waals surface area contributed by atoms with Crippen LogP contribution in [0.4, 0.5) is 0 Å². The lowest BCUT2D eigenvalue weighted by Gasteiger charge is -2.20. The molecule has 2 heterocycles. The summed E-state index contributed by atoms with van der Waals surface area (Å²) in [6.07, 6.45) is 3.58. The molecule has 0 bridgehead atoms. The van der Waals surface area contributed by atoms with Crippen LogP contribution in [0.25, 0.3) is 0 Å². The summed E-state index contributed by atoms with van der Waals surface area (Å²) in [7, 11) is 0. The average Bonchev–Trinajstić information content (AvgIpc) is 3.00. The highest BCUT2D eigenvalue weighted by molar-refractivity contribution is 7.98. The van der Waals surface area contributed by atoms with E-state index in [1.165, 1.54) is 11.8 Å². The number of hydrogen-bond donors (Lipinski definition) is 1. The molecule has 1 aromatic rings. The van der Waals surface area contributed by atoms with Gasteiger partial charge < -0.3 is 10.0 Å². The number of carbonyl (C=O) groups is 1. The van der Waals surface area contributed by atoms with Crippen LogP contribution in [0, 0.1) is 25.7 Å². The summed E-state index contributed by atoms with van der Waals surface area (Å²) in [6, 6.07) is 0. The van der Waals surface area contributed by atoms with Gasteiger partial charge in [0.2, 0.25) is 0 Å². The lowest BCUT2D eigenvalue weighted by molar-refractivity contribution is 0.0747. The number of fused-ring (bicyclic) bond motifs is 1. The lowest BCUT2D eigenvalue weighted by Crippen LogP contribution is -2.32. The van der Waals surface area contributed by atoms with Crippen molar-refractivity contribution >= 4 is 17.7 Å². The van der Waals surface area contributed by atoms with Crippen molar-refractivity contribution in [2.24, 2.45) is 11.8 Å². The van der Waals surface area contributed by atoms with Crippen molar-refractivity contribution in [3.05, 3.63) is 17.1 Å². The van der Waals surface area contributed by atoms with Crippen LogP contribution in [0.5, 0.6) is 0 Å². The Bertz CT molecular complexity index is 578. The smallest absolute Gasteiger partial charge is 0.258 e. The fourth-order valence-electron chi connectivity index (χ4n) is 3.64. The predicted molar refractivity (Wildman–Crippen MR) is 81.4 cm³/mol. The molecular weight excluding hydrogens is 286 g/mol. The normalized spacial score (nSPS) is 28.0. The quantitative estimate of drug-likeness (QED) is 0.665. The third-order valence-electron chi connectivity index (χ3n) is 4.68. The highest BCUT2D eigenvalue weighted by Gasteiger charge is 2.44. The van der Waals surface area contributed by atoms with Gasteiger partial charge in [0.1, 0.15) is 10.9 Å². The number of hydrogen-bond acceptors (Lipinski definition) is 5. The van der Waals surface area contributed by atoms with Crippen molar-refractivity contribution in [3.63, 3.8) is 0 Å². The summed E-state index contributed by atoms with van der Waals surface area (Å²) in [5.41, 5.74) is 1.37. The number of aromatic nitrogens is 2. The van der Waals surface area contributed by atoms with Crippen LogP contribution in [-0.4, -0.2) is 51.3 Å². The van der Waals surface area contributed by atoms with Crippen LogP contribution in [0.3, 0.4) is 0 Å². The molecule has 1 aromatic heterocycles. The number of thioether (sulfide) groups is 1. The summed E-state index contributed by atoms with van der Waals surface area (Å²) >= 11 is 1.48. The first kappa shape index (κ1) is 14.8. The maximum absolute atomic E-state index is 12.8. The lowest BCUT2D eigenvalue weighted by atomic mass is 10.00. The van der Waals surface area contributed by atoms with Crippen LogP contribution in [0.1, 0.15) is 34.7 Å². The molecule has 1 aliphatic heterocycles. The molecule has 6 heteroatoms. The fraction of sp³-hybridized carbons (Fsp3) is 0.667. The van der Waals surface area contributed by atoms with Crippen LogP contribution < -0.4 is 0 Å². The van der Waals surface area contributed by atoms with E-state index < -0.39 is 0 Å². The molecule has 1 N–H and O–H groups in total. The van der Waals surface area contributed by atoms with Gasteiger partial charge in [-0.15, -0.1) is 11.8 Å². The van der Waals surface area contributed by atoms with Gasteiger partial charge in [-0.1, -0.05) is 0 Å². The van der Waals surface area contributed by atoms with Crippen molar-refractivity contribution < 1.29 is 9.90 Å². The minimum absolute atomic E-state index is 0.0125. The second-order valence-electron chi connectivity index (χ2n) is 6.02. The Kier molecular flexibility index (Phi) is 3.92. The van der Waals surface area contributed by atoms with Gasteiger partial charge in [-0.25, -0.2) is 9.97 Å². The van der Waals surface area contributed by atoms with Crippen molar-refractivity contribution in [3.8, 4) is 0 Å². The molecule has 2 aliphatic rings. The monoisotopic (exact) mass is 307 g/mol. The number of aliphatic hydroxyl groups is 1. The third kappa shape index (κ3) is 2.55. The van der Waals surface area contributed by atoms with Gasteiger partial charge >= 0.3 is 0 Å². The van der Waals surface area contributed by atoms with Gasteiger partial charge in [0, 0.05) is 19.0 Å². The molecule has 0 spiro atoms. The zero-order valence-corrected chi connectivity index (χ0v) is 13.5. The van der Waals surface area contributed by atoms with E-state index >= 15 is 0 Å². The highest BCUT2D eigenvalue weighted by Crippen LogP contribution is 2.39. The molecule has 1 saturated carbocycles. The van der Waals surface area contributed by atoms with Crippen molar-refractivity contribution in [1.29, 1.82) is 0 Å². The predicted octanol–water partition coefficient (Wildman–Crippen LogP) is 1.66.